The molecule has 120 valence electrons. The highest BCUT2D eigenvalue weighted by atomic mass is 19.1. The third-order valence-electron chi connectivity index (χ3n) is 3.12. The minimum atomic E-state index is -0.871. The van der Waals surface area contributed by atoms with Crippen LogP contribution in [0, 0.1) is 18.6 Å². The van der Waals surface area contributed by atoms with Gasteiger partial charge in [-0.15, -0.1) is 0 Å². The summed E-state index contributed by atoms with van der Waals surface area (Å²) in [5.41, 5.74) is 1.33. The minimum absolute atomic E-state index is 0.128. The zero-order valence-electron chi connectivity index (χ0n) is 12.5. The molecule has 0 aliphatic carbocycles. The first-order valence-electron chi connectivity index (χ1n) is 7.02. The Morgan fingerprint density at radius 3 is 2.30 bits per heavy atom. The van der Waals surface area contributed by atoms with E-state index < -0.39 is 23.2 Å². The zero-order chi connectivity index (χ0) is 16.8. The van der Waals surface area contributed by atoms with Gasteiger partial charge < -0.3 is 10.6 Å². The molecule has 0 saturated carbocycles. The number of hydrogen-bond acceptors (Lipinski definition) is 2. The number of anilines is 1. The lowest BCUT2D eigenvalue weighted by atomic mass is 10.1. The largest absolute Gasteiger partial charge is 0.347 e. The normalized spacial score (nSPS) is 10.2. The number of carbonyl (C=O) groups excluding carboxylic acids is 2. The third kappa shape index (κ3) is 4.88. The number of aryl methyl sites for hydroxylation is 1. The summed E-state index contributed by atoms with van der Waals surface area (Å²) >= 11 is 0. The quantitative estimate of drug-likeness (QED) is 0.890. The summed E-state index contributed by atoms with van der Waals surface area (Å²) in [5, 5.41) is 4.52. The average Bonchev–Trinajstić information content (AvgIpc) is 2.49. The highest BCUT2D eigenvalue weighted by Crippen LogP contribution is 2.17. The molecule has 2 amide bonds. The Hall–Kier alpha value is -2.76. The van der Waals surface area contributed by atoms with Gasteiger partial charge in [-0.1, -0.05) is 35.9 Å². The molecule has 6 heteroatoms. The van der Waals surface area contributed by atoms with Gasteiger partial charge in [0, 0.05) is 0 Å². The Bertz CT molecular complexity index is 712. The Kier molecular flexibility index (Phi) is 5.41. The first-order chi connectivity index (χ1) is 11.0. The van der Waals surface area contributed by atoms with Gasteiger partial charge in [-0.2, -0.15) is 0 Å². The van der Waals surface area contributed by atoms with Crippen LogP contribution < -0.4 is 10.6 Å². The van der Waals surface area contributed by atoms with Crippen molar-refractivity contribution in [1.29, 1.82) is 0 Å². The predicted octanol–water partition coefficient (Wildman–Crippen LogP) is 2.57. The van der Waals surface area contributed by atoms with Crippen LogP contribution in [-0.4, -0.2) is 18.4 Å². The van der Waals surface area contributed by atoms with Gasteiger partial charge >= 0.3 is 0 Å². The van der Waals surface area contributed by atoms with Gasteiger partial charge in [0.2, 0.25) is 11.8 Å². The van der Waals surface area contributed by atoms with Gasteiger partial charge in [-0.25, -0.2) is 8.78 Å². The molecule has 0 aromatic heterocycles. The topological polar surface area (TPSA) is 58.2 Å². The summed E-state index contributed by atoms with van der Waals surface area (Å²) in [6.07, 6.45) is 0.128. The van der Waals surface area contributed by atoms with E-state index in [2.05, 4.69) is 10.6 Å². The molecule has 0 bridgehead atoms. The van der Waals surface area contributed by atoms with Gasteiger partial charge in [0.05, 0.1) is 13.0 Å². The summed E-state index contributed by atoms with van der Waals surface area (Å²) in [7, 11) is 0. The lowest BCUT2D eigenvalue weighted by molar-refractivity contribution is -0.123. The number of benzene rings is 2. The van der Waals surface area contributed by atoms with Crippen LogP contribution in [0.3, 0.4) is 0 Å². The third-order valence-corrected chi connectivity index (χ3v) is 3.12. The highest BCUT2D eigenvalue weighted by Gasteiger charge is 2.12. The van der Waals surface area contributed by atoms with E-state index in [-0.39, 0.29) is 18.9 Å². The molecule has 2 aromatic rings. The molecular weight excluding hydrogens is 302 g/mol. The van der Waals surface area contributed by atoms with E-state index in [1.54, 1.807) is 6.07 Å². The van der Waals surface area contributed by atoms with Crippen molar-refractivity contribution in [3.8, 4) is 0 Å². The highest BCUT2D eigenvalue weighted by molar-refractivity contribution is 5.94. The standard InChI is InChI=1S/C17H16F2N2O2/c1-11-4-2-5-12(8-11)9-15(22)20-10-16(23)21-17-13(18)6-3-7-14(17)19/h2-8H,9-10H2,1H3,(H,20,22)(H,21,23). The molecule has 4 nitrogen and oxygen atoms in total. The molecular formula is C17H16F2N2O2. The predicted molar refractivity (Wildman–Crippen MR) is 82.9 cm³/mol. The maximum absolute atomic E-state index is 13.4. The number of carbonyl (C=O) groups is 2. The fourth-order valence-corrected chi connectivity index (χ4v) is 2.05. The van der Waals surface area contributed by atoms with E-state index in [0.29, 0.717) is 0 Å². The van der Waals surface area contributed by atoms with Crippen molar-refractivity contribution >= 4 is 17.5 Å². The molecule has 0 atom stereocenters. The Labute approximate surface area is 132 Å². The van der Waals surface area contributed by atoms with Crippen LogP contribution in [0.4, 0.5) is 14.5 Å². The van der Waals surface area contributed by atoms with Crippen LogP contribution in [0.5, 0.6) is 0 Å². The van der Waals surface area contributed by atoms with Crippen LogP contribution in [0.2, 0.25) is 0 Å². The van der Waals surface area contributed by atoms with Crippen LogP contribution >= 0.6 is 0 Å². The molecule has 0 unspecified atom stereocenters. The maximum Gasteiger partial charge on any atom is 0.243 e. The first-order valence-corrected chi connectivity index (χ1v) is 7.02. The smallest absolute Gasteiger partial charge is 0.243 e. The van der Waals surface area contributed by atoms with Gasteiger partial charge in [0.1, 0.15) is 17.3 Å². The average molecular weight is 318 g/mol. The zero-order valence-corrected chi connectivity index (χ0v) is 12.5. The molecule has 0 heterocycles. The number of hydrogen-bond donors (Lipinski definition) is 2. The molecule has 0 aliphatic rings. The number of nitrogens with one attached hydrogen (secondary N) is 2. The molecule has 0 radical (unpaired) electrons. The van der Waals surface area contributed by atoms with E-state index in [4.69, 9.17) is 0 Å². The van der Waals surface area contributed by atoms with Crippen molar-refractivity contribution in [1.82, 2.24) is 5.32 Å². The van der Waals surface area contributed by atoms with E-state index in [0.717, 1.165) is 23.3 Å². The van der Waals surface area contributed by atoms with Crippen molar-refractivity contribution in [3.63, 3.8) is 0 Å². The second-order valence-electron chi connectivity index (χ2n) is 5.09. The maximum atomic E-state index is 13.4. The molecule has 23 heavy (non-hydrogen) atoms. The van der Waals surface area contributed by atoms with Crippen LogP contribution in [0.25, 0.3) is 0 Å². The van der Waals surface area contributed by atoms with Crippen LogP contribution in [0.1, 0.15) is 11.1 Å². The summed E-state index contributed by atoms with van der Waals surface area (Å²) in [4.78, 5) is 23.4. The number of rotatable bonds is 5. The monoisotopic (exact) mass is 318 g/mol. The first kappa shape index (κ1) is 16.6. The van der Waals surface area contributed by atoms with Crippen molar-refractivity contribution in [2.45, 2.75) is 13.3 Å². The Morgan fingerprint density at radius 1 is 1.00 bits per heavy atom. The Morgan fingerprint density at radius 2 is 1.65 bits per heavy atom. The van der Waals surface area contributed by atoms with E-state index in [1.807, 2.05) is 25.1 Å². The molecule has 0 saturated heterocycles. The van der Waals surface area contributed by atoms with Crippen molar-refractivity contribution in [3.05, 3.63) is 65.2 Å². The number of halogens is 2. The van der Waals surface area contributed by atoms with E-state index in [9.17, 15) is 18.4 Å². The molecule has 2 aromatic carbocycles. The van der Waals surface area contributed by atoms with E-state index in [1.165, 1.54) is 6.07 Å². The second-order valence-corrected chi connectivity index (χ2v) is 5.09. The summed E-state index contributed by atoms with van der Waals surface area (Å²) in [6.45, 7) is 1.55. The fraction of sp³-hybridized carbons (Fsp3) is 0.176. The van der Waals surface area contributed by atoms with Crippen molar-refractivity contribution < 1.29 is 18.4 Å². The lowest BCUT2D eigenvalue weighted by Crippen LogP contribution is -2.34. The van der Waals surface area contributed by atoms with Crippen LogP contribution in [0.15, 0.2) is 42.5 Å². The van der Waals surface area contributed by atoms with Crippen molar-refractivity contribution in [2.75, 3.05) is 11.9 Å². The molecule has 0 spiro atoms. The molecule has 2 N–H and O–H groups in total. The van der Waals surface area contributed by atoms with E-state index >= 15 is 0 Å². The number of para-hydroxylation sites is 1. The SMILES string of the molecule is Cc1cccc(CC(=O)NCC(=O)Nc2c(F)cccc2F)c1. The van der Waals surface area contributed by atoms with Crippen LogP contribution in [-0.2, 0) is 16.0 Å². The molecule has 0 fully saturated rings. The molecule has 2 rings (SSSR count). The number of amides is 2. The summed E-state index contributed by atoms with van der Waals surface area (Å²) in [5.74, 6) is -2.79. The van der Waals surface area contributed by atoms with Gasteiger partial charge in [0.15, 0.2) is 0 Å². The van der Waals surface area contributed by atoms with Gasteiger partial charge in [-0.05, 0) is 24.6 Å². The Balaban J connectivity index is 1.85. The summed E-state index contributed by atoms with van der Waals surface area (Å²) < 4.78 is 26.8. The lowest BCUT2D eigenvalue weighted by Gasteiger charge is -2.09. The second kappa shape index (κ2) is 7.49. The summed E-state index contributed by atoms with van der Waals surface area (Å²) in [6, 6.07) is 10.7. The minimum Gasteiger partial charge on any atom is -0.347 e. The van der Waals surface area contributed by atoms with Crippen molar-refractivity contribution in [2.24, 2.45) is 0 Å². The van der Waals surface area contributed by atoms with Gasteiger partial charge in [-0.3, -0.25) is 9.59 Å². The van der Waals surface area contributed by atoms with Gasteiger partial charge in [0.25, 0.3) is 0 Å². The molecule has 0 aliphatic heterocycles. The fourth-order valence-electron chi connectivity index (χ4n) is 2.05.